The number of pyridine rings is 1. The molecule has 57 heavy (non-hydrogen) atoms. The van der Waals surface area contributed by atoms with E-state index >= 15 is 0 Å². The summed E-state index contributed by atoms with van der Waals surface area (Å²) in [6, 6.07) is 8.14. The highest BCUT2D eigenvalue weighted by Crippen LogP contribution is 2.75. The number of hydrogen-bond acceptors (Lipinski definition) is 8. The average molecular weight is 830 g/mol. The Balaban J connectivity index is 1.21. The number of aromatic nitrogens is 1. The minimum Gasteiger partial charge on any atom is -0.488 e. The van der Waals surface area contributed by atoms with E-state index in [4.69, 9.17) is 25.8 Å². The van der Waals surface area contributed by atoms with Gasteiger partial charge >= 0.3 is 6.09 Å². The zero-order chi connectivity index (χ0) is 40.3. The first-order chi connectivity index (χ1) is 27.4. The molecule has 11 nitrogen and oxygen atoms in total. The van der Waals surface area contributed by atoms with Crippen molar-refractivity contribution in [3.63, 3.8) is 0 Å². The molecule has 0 spiro atoms. The quantitative estimate of drug-likeness (QED) is 0.202. The predicted molar refractivity (Wildman–Crippen MR) is 211 cm³/mol. The van der Waals surface area contributed by atoms with Gasteiger partial charge < -0.3 is 29.3 Å². The summed E-state index contributed by atoms with van der Waals surface area (Å²) in [6.45, 7) is 2.14. The van der Waals surface area contributed by atoms with Crippen LogP contribution in [0.25, 0.3) is 10.9 Å². The van der Waals surface area contributed by atoms with E-state index in [1.165, 1.54) is 11.0 Å². The number of rotatable bonds is 9. The molecule has 3 aromatic rings. The van der Waals surface area contributed by atoms with Gasteiger partial charge in [-0.15, -0.1) is 0 Å². The molecule has 7 rings (SSSR count). The van der Waals surface area contributed by atoms with Gasteiger partial charge in [0.1, 0.15) is 35.6 Å². The largest absolute Gasteiger partial charge is 0.488 e. The molecule has 15 heteroatoms. The van der Waals surface area contributed by atoms with Crippen molar-refractivity contribution in [2.75, 3.05) is 13.2 Å². The molecular weight excluding hydrogens is 779 g/mol. The van der Waals surface area contributed by atoms with Gasteiger partial charge in [-0.3, -0.25) is 14.2 Å². The van der Waals surface area contributed by atoms with E-state index in [0.717, 1.165) is 63.5 Å². The molecule has 2 aliphatic carbocycles. The second-order valence-electron chi connectivity index (χ2n) is 16.1. The summed E-state index contributed by atoms with van der Waals surface area (Å²) in [4.78, 5) is 60.3. The summed E-state index contributed by atoms with van der Waals surface area (Å²) in [5.74, 6) is -2.40. The normalized spacial score (nSPS) is 27.1. The van der Waals surface area contributed by atoms with Crippen LogP contribution in [0.1, 0.15) is 102 Å². The Labute approximate surface area is 336 Å². The van der Waals surface area contributed by atoms with Crippen LogP contribution in [0.5, 0.6) is 11.6 Å². The van der Waals surface area contributed by atoms with Crippen LogP contribution in [-0.2, 0) is 25.1 Å². The lowest BCUT2D eigenvalue weighted by molar-refractivity contribution is -0.139. The van der Waals surface area contributed by atoms with Gasteiger partial charge in [0.15, 0.2) is 5.78 Å². The average Bonchev–Trinajstić information content (AvgIpc) is 3.43. The molecule has 2 N–H and O–H groups in total. The number of alkyl carbamates (subject to hydrolysis) is 1. The SMILES string of the molecule is CCOc1cc(OC2C[C@H]3C(=O)C[C@]4(P(=O)(O)Cc5c(F)cccc5F)C[C@@H]4CCCCCCC[C@H](NC(=O)OC4CCCC4)C(=O)N3C2)c2cccc(Cl)c2n1. The molecular formula is C42H51ClF2N3O8P. The number of benzene rings is 2. The molecule has 4 aliphatic rings. The van der Waals surface area contributed by atoms with Gasteiger partial charge in [-0.05, 0) is 82.1 Å². The van der Waals surface area contributed by atoms with Crippen LogP contribution in [0.15, 0.2) is 42.5 Å². The second kappa shape index (κ2) is 17.6. The standard InChI is InChI=1S/C42H51ClF2N3O8P/c1-2-54-38-21-37(29-15-10-16-31(43)39(29)47-38)55-28-20-35-36(49)23-42(57(52,53)25-30-32(44)17-11-18-33(30)45)22-26(42)12-6-4-3-5-7-19-34(40(50)48(35)24-28)46-41(51)56-27-13-8-9-14-27/h10-11,15-18,21,26-28,34-35H,2-9,12-14,19-20,22-25H2,1H3,(H,46,51)(H,52,53)/t26-,28?,34-,35-,42+/m0/s1. The van der Waals surface area contributed by atoms with E-state index in [1.54, 1.807) is 24.3 Å². The number of ketones is 1. The molecule has 0 bridgehead atoms. The van der Waals surface area contributed by atoms with Crippen molar-refractivity contribution in [3.8, 4) is 11.6 Å². The number of hydrogen-bond donors (Lipinski definition) is 2. The Morgan fingerprint density at radius 3 is 2.42 bits per heavy atom. The molecule has 2 aromatic carbocycles. The molecule has 2 saturated carbocycles. The third-order valence-corrected chi connectivity index (χ3v) is 15.4. The number of nitrogens with zero attached hydrogens (tertiary/aromatic N) is 2. The molecule has 1 aromatic heterocycles. The molecule has 308 valence electrons. The summed E-state index contributed by atoms with van der Waals surface area (Å²) < 4.78 is 62.1. The van der Waals surface area contributed by atoms with Gasteiger partial charge in [-0.1, -0.05) is 55.8 Å². The maximum atomic E-state index is 14.9. The van der Waals surface area contributed by atoms with Crippen molar-refractivity contribution in [1.82, 2.24) is 15.2 Å². The molecule has 0 radical (unpaired) electrons. The van der Waals surface area contributed by atoms with E-state index in [2.05, 4.69) is 10.3 Å². The van der Waals surface area contributed by atoms with Crippen LogP contribution in [-0.4, -0.2) is 75.2 Å². The number of Topliss-reactive ketones (excluding diaryl/α,β-unsaturated/α-hetero) is 1. The molecule has 2 saturated heterocycles. The van der Waals surface area contributed by atoms with Crippen molar-refractivity contribution in [2.45, 2.75) is 132 Å². The molecule has 3 heterocycles. The smallest absolute Gasteiger partial charge is 0.408 e. The third-order valence-electron chi connectivity index (χ3n) is 12.3. The lowest BCUT2D eigenvalue weighted by Crippen LogP contribution is -2.52. The topological polar surface area (TPSA) is 144 Å². The van der Waals surface area contributed by atoms with E-state index in [0.29, 0.717) is 47.5 Å². The summed E-state index contributed by atoms with van der Waals surface area (Å²) in [5.41, 5.74) is -0.0239. The Kier molecular flexibility index (Phi) is 12.8. The van der Waals surface area contributed by atoms with Gasteiger partial charge in [-0.25, -0.2) is 18.6 Å². The van der Waals surface area contributed by atoms with E-state index in [9.17, 15) is 32.6 Å². The highest BCUT2D eigenvalue weighted by molar-refractivity contribution is 7.59. The second-order valence-corrected chi connectivity index (χ2v) is 19.1. The number of ether oxygens (including phenoxy) is 3. The maximum Gasteiger partial charge on any atom is 0.408 e. The lowest BCUT2D eigenvalue weighted by atomic mass is 10.0. The van der Waals surface area contributed by atoms with Gasteiger partial charge in [0.05, 0.1) is 41.1 Å². The van der Waals surface area contributed by atoms with E-state index in [1.807, 2.05) is 6.92 Å². The van der Waals surface area contributed by atoms with E-state index in [-0.39, 0.29) is 43.7 Å². The highest BCUT2D eigenvalue weighted by Gasteiger charge is 2.66. The van der Waals surface area contributed by atoms with Crippen molar-refractivity contribution < 1.29 is 46.8 Å². The minimum absolute atomic E-state index is 0.0207. The van der Waals surface area contributed by atoms with Crippen molar-refractivity contribution in [1.29, 1.82) is 0 Å². The van der Waals surface area contributed by atoms with Crippen LogP contribution in [0, 0.1) is 17.6 Å². The van der Waals surface area contributed by atoms with Crippen LogP contribution >= 0.6 is 19.0 Å². The minimum atomic E-state index is -4.41. The van der Waals surface area contributed by atoms with Gasteiger partial charge in [0, 0.05) is 29.9 Å². The molecule has 2 aliphatic heterocycles. The summed E-state index contributed by atoms with van der Waals surface area (Å²) in [7, 11) is -4.41. The Hall–Kier alpha value is -3.80. The first-order valence-electron chi connectivity index (χ1n) is 20.3. The number of nitrogens with one attached hydrogen (secondary N) is 1. The van der Waals surface area contributed by atoms with Gasteiger partial charge in [-0.2, -0.15) is 0 Å². The number of carbonyl (C=O) groups excluding carboxylic acids is 3. The molecule has 4 fully saturated rings. The summed E-state index contributed by atoms with van der Waals surface area (Å²) >= 11 is 6.53. The number of fused-ring (bicyclic) bond motifs is 3. The Bertz CT molecular complexity index is 2010. The Morgan fingerprint density at radius 1 is 1.00 bits per heavy atom. The number of para-hydroxylation sites is 1. The first-order valence-corrected chi connectivity index (χ1v) is 22.5. The lowest BCUT2D eigenvalue weighted by Gasteiger charge is -2.30. The van der Waals surface area contributed by atoms with Gasteiger partial charge in [0.25, 0.3) is 0 Å². The highest BCUT2D eigenvalue weighted by atomic mass is 35.5. The van der Waals surface area contributed by atoms with Gasteiger partial charge in [0.2, 0.25) is 19.2 Å². The van der Waals surface area contributed by atoms with Crippen LogP contribution in [0.2, 0.25) is 5.02 Å². The Morgan fingerprint density at radius 2 is 1.68 bits per heavy atom. The fourth-order valence-corrected chi connectivity index (χ4v) is 12.0. The first kappa shape index (κ1) is 41.4. The van der Waals surface area contributed by atoms with Crippen LogP contribution < -0.4 is 14.8 Å². The third kappa shape index (κ3) is 9.10. The zero-order valence-electron chi connectivity index (χ0n) is 32.2. The van der Waals surface area contributed by atoms with Crippen LogP contribution in [0.3, 0.4) is 0 Å². The van der Waals surface area contributed by atoms with Crippen molar-refractivity contribution in [3.05, 3.63) is 64.7 Å². The molecule has 2 amide bonds. The summed E-state index contributed by atoms with van der Waals surface area (Å²) in [5, 5.41) is 2.40. The monoisotopic (exact) mass is 829 g/mol. The number of halogens is 3. The maximum absolute atomic E-state index is 14.9. The zero-order valence-corrected chi connectivity index (χ0v) is 33.9. The number of carbonyl (C=O) groups is 3. The van der Waals surface area contributed by atoms with Crippen LogP contribution in [0.4, 0.5) is 13.6 Å². The predicted octanol–water partition coefficient (Wildman–Crippen LogP) is 8.88. The molecule has 6 atom stereocenters. The summed E-state index contributed by atoms with van der Waals surface area (Å²) in [6.07, 6.45) is 5.81. The van der Waals surface area contributed by atoms with Crippen molar-refractivity contribution in [2.24, 2.45) is 5.92 Å². The van der Waals surface area contributed by atoms with E-state index < -0.39 is 71.9 Å². The molecule has 2 unspecified atom stereocenters. The number of amides is 2. The fourth-order valence-electron chi connectivity index (χ4n) is 9.13. The fraction of sp³-hybridized carbons (Fsp3) is 0.571. The van der Waals surface area contributed by atoms with Crippen molar-refractivity contribution >= 4 is 47.7 Å².